The summed E-state index contributed by atoms with van der Waals surface area (Å²) in [5, 5.41) is 16.3. The first-order valence-electron chi connectivity index (χ1n) is 9.94. The summed E-state index contributed by atoms with van der Waals surface area (Å²) in [5.74, 6) is 0.119. The molecule has 2 rings (SSSR count). The highest BCUT2D eigenvalue weighted by Crippen LogP contribution is 2.40. The van der Waals surface area contributed by atoms with Crippen molar-refractivity contribution >= 4 is 29.9 Å². The molecule has 1 aromatic carbocycles. The summed E-state index contributed by atoms with van der Waals surface area (Å²) in [6, 6.07) is 8.14. The molecular weight excluding hydrogens is 522 g/mol. The Morgan fingerprint density at radius 3 is 2.55 bits per heavy atom. The minimum atomic E-state index is -4.86. The van der Waals surface area contributed by atoms with Crippen molar-refractivity contribution < 1.29 is 18.3 Å². The fourth-order valence-corrected chi connectivity index (χ4v) is 3.16. The molecule has 1 heterocycles. The second-order valence-electron chi connectivity index (χ2n) is 7.43. The van der Waals surface area contributed by atoms with Gasteiger partial charge in [-0.2, -0.15) is 13.2 Å². The number of benzene rings is 1. The van der Waals surface area contributed by atoms with Crippen LogP contribution in [0, 0.1) is 6.92 Å². The van der Waals surface area contributed by atoms with Gasteiger partial charge in [-0.25, -0.2) is 4.98 Å². The molecule has 174 valence electrons. The third-order valence-corrected chi connectivity index (χ3v) is 4.92. The lowest BCUT2D eigenvalue weighted by molar-refractivity contribution is -0.272. The maximum absolute atomic E-state index is 13.6. The Kier molecular flexibility index (Phi) is 10.3. The highest BCUT2D eigenvalue weighted by Gasteiger charge is 2.57. The molecule has 0 amide bonds. The zero-order valence-corrected chi connectivity index (χ0v) is 20.5. The first-order chi connectivity index (χ1) is 14.1. The van der Waals surface area contributed by atoms with Gasteiger partial charge in [-0.05, 0) is 19.4 Å². The van der Waals surface area contributed by atoms with Crippen LogP contribution < -0.4 is 10.6 Å². The molecule has 0 fully saturated rings. The first-order valence-corrected chi connectivity index (χ1v) is 9.94. The quantitative estimate of drug-likeness (QED) is 0.264. The lowest BCUT2D eigenvalue weighted by atomic mass is 9.97. The number of imidazole rings is 1. The second kappa shape index (κ2) is 11.7. The lowest BCUT2D eigenvalue weighted by Crippen LogP contribution is -2.48. The minimum absolute atomic E-state index is 0. The van der Waals surface area contributed by atoms with Crippen LogP contribution in [-0.4, -0.2) is 46.4 Å². The molecule has 10 heteroatoms. The Morgan fingerprint density at radius 1 is 1.29 bits per heavy atom. The number of hydrogen-bond acceptors (Lipinski definition) is 3. The number of aryl methyl sites for hydroxylation is 2. The summed E-state index contributed by atoms with van der Waals surface area (Å²) < 4.78 is 42.0. The van der Waals surface area contributed by atoms with Crippen molar-refractivity contribution in [2.45, 2.75) is 44.9 Å². The summed E-state index contributed by atoms with van der Waals surface area (Å²) in [5.41, 5.74) is -0.741. The van der Waals surface area contributed by atoms with E-state index in [1.165, 1.54) is 24.0 Å². The lowest BCUT2D eigenvalue weighted by Gasteiger charge is -2.30. The number of rotatable bonds is 8. The largest absolute Gasteiger partial charge is 0.424 e. The second-order valence-corrected chi connectivity index (χ2v) is 7.43. The van der Waals surface area contributed by atoms with Crippen molar-refractivity contribution in [2.75, 3.05) is 19.6 Å². The maximum Gasteiger partial charge on any atom is 0.424 e. The number of aromatic nitrogens is 2. The van der Waals surface area contributed by atoms with Gasteiger partial charge in [-0.3, -0.25) is 4.99 Å². The fourth-order valence-electron chi connectivity index (χ4n) is 3.16. The topological polar surface area (TPSA) is 74.5 Å². The minimum Gasteiger partial charge on any atom is -0.374 e. The van der Waals surface area contributed by atoms with Gasteiger partial charge in [-0.1, -0.05) is 36.8 Å². The van der Waals surface area contributed by atoms with E-state index in [-0.39, 0.29) is 36.4 Å². The summed E-state index contributed by atoms with van der Waals surface area (Å²) in [4.78, 5) is 8.20. The van der Waals surface area contributed by atoms with E-state index in [2.05, 4.69) is 26.7 Å². The third-order valence-electron chi connectivity index (χ3n) is 4.92. The zero-order valence-electron chi connectivity index (χ0n) is 18.2. The van der Waals surface area contributed by atoms with E-state index >= 15 is 0 Å². The standard InChI is InChI=1S/C21H30F3N5O.HI/c1-5-25-19(28-14-16(3)17-8-6-7-15(2)13-17)27-10-9-20(30,21(22,23)24)18-26-11-12-29(18)4;/h6-8,11-13,16,30H,5,9-10,14H2,1-4H3,(H2,25,27,28);1H. The average Bonchev–Trinajstić information content (AvgIpc) is 3.11. The van der Waals surface area contributed by atoms with E-state index in [0.717, 1.165) is 11.1 Å². The van der Waals surface area contributed by atoms with Gasteiger partial charge in [-0.15, -0.1) is 24.0 Å². The van der Waals surface area contributed by atoms with Gasteiger partial charge in [0.25, 0.3) is 0 Å². The van der Waals surface area contributed by atoms with Crippen LogP contribution in [0.2, 0.25) is 0 Å². The maximum atomic E-state index is 13.6. The molecule has 0 saturated carbocycles. The van der Waals surface area contributed by atoms with E-state index in [9.17, 15) is 18.3 Å². The predicted octanol–water partition coefficient (Wildman–Crippen LogP) is 3.85. The number of nitrogens with one attached hydrogen (secondary N) is 2. The molecule has 0 aliphatic rings. The number of guanidine groups is 1. The van der Waals surface area contributed by atoms with Gasteiger partial charge in [0.2, 0.25) is 5.60 Å². The highest BCUT2D eigenvalue weighted by molar-refractivity contribution is 14.0. The fraction of sp³-hybridized carbons (Fsp3) is 0.524. The average molecular weight is 553 g/mol. The van der Waals surface area contributed by atoms with Gasteiger partial charge in [0.1, 0.15) is 5.82 Å². The number of aliphatic imine (C=N–C) groups is 1. The molecule has 3 N–H and O–H groups in total. The van der Waals surface area contributed by atoms with Crippen molar-refractivity contribution in [1.29, 1.82) is 0 Å². The van der Waals surface area contributed by atoms with Crippen LogP contribution >= 0.6 is 24.0 Å². The molecular formula is C21H31F3IN5O. The smallest absolute Gasteiger partial charge is 0.374 e. The highest BCUT2D eigenvalue weighted by atomic mass is 127. The summed E-state index contributed by atoms with van der Waals surface area (Å²) in [6.07, 6.45) is -2.85. The molecule has 31 heavy (non-hydrogen) atoms. The molecule has 0 radical (unpaired) electrons. The predicted molar refractivity (Wildman–Crippen MR) is 127 cm³/mol. The molecule has 0 aliphatic carbocycles. The Morgan fingerprint density at radius 2 is 2.00 bits per heavy atom. The summed E-state index contributed by atoms with van der Waals surface area (Å²) in [7, 11) is 1.42. The van der Waals surface area contributed by atoms with Gasteiger partial charge < -0.3 is 20.3 Å². The number of hydrogen-bond donors (Lipinski definition) is 3. The van der Waals surface area contributed by atoms with Gasteiger partial charge in [0.15, 0.2) is 5.96 Å². The van der Waals surface area contributed by atoms with Crippen molar-refractivity contribution in [3.05, 3.63) is 53.6 Å². The third kappa shape index (κ3) is 7.09. The van der Waals surface area contributed by atoms with Crippen LogP contribution in [-0.2, 0) is 12.6 Å². The molecule has 0 bridgehead atoms. The SMILES string of the molecule is CCNC(=NCC(C)c1cccc(C)c1)NCCC(O)(c1nccn1C)C(F)(F)F.I. The number of halogens is 4. The Bertz CT molecular complexity index is 856. The van der Waals surface area contributed by atoms with Crippen molar-refractivity contribution in [3.63, 3.8) is 0 Å². The summed E-state index contributed by atoms with van der Waals surface area (Å²) >= 11 is 0. The number of nitrogens with zero attached hydrogens (tertiary/aromatic N) is 3. The van der Waals surface area contributed by atoms with Crippen molar-refractivity contribution in [1.82, 2.24) is 20.2 Å². The van der Waals surface area contributed by atoms with E-state index in [0.29, 0.717) is 19.0 Å². The van der Waals surface area contributed by atoms with Gasteiger partial charge in [0, 0.05) is 51.4 Å². The van der Waals surface area contributed by atoms with Crippen molar-refractivity contribution in [3.8, 4) is 0 Å². The monoisotopic (exact) mass is 553 g/mol. The van der Waals surface area contributed by atoms with Crippen LogP contribution in [0.4, 0.5) is 13.2 Å². The molecule has 0 aliphatic heterocycles. The van der Waals surface area contributed by atoms with Crippen molar-refractivity contribution in [2.24, 2.45) is 12.0 Å². The first kappa shape index (κ1) is 27.2. The molecule has 1 aromatic heterocycles. The van der Waals surface area contributed by atoms with E-state index in [1.807, 2.05) is 39.0 Å². The Hall–Kier alpha value is -1.82. The Balaban J connectivity index is 0.00000480. The number of aliphatic hydroxyl groups is 1. The molecule has 2 atom stereocenters. The van der Waals surface area contributed by atoms with E-state index in [4.69, 9.17) is 0 Å². The molecule has 2 unspecified atom stereocenters. The zero-order chi connectivity index (χ0) is 22.4. The number of alkyl halides is 3. The van der Waals surface area contributed by atoms with E-state index in [1.54, 1.807) is 0 Å². The van der Waals surface area contributed by atoms with Crippen LogP contribution in [0.1, 0.15) is 43.1 Å². The van der Waals surface area contributed by atoms with Gasteiger partial charge >= 0.3 is 6.18 Å². The molecule has 2 aromatic rings. The van der Waals surface area contributed by atoms with E-state index < -0.39 is 24.0 Å². The van der Waals surface area contributed by atoms with Crippen LogP contribution in [0.5, 0.6) is 0 Å². The summed E-state index contributed by atoms with van der Waals surface area (Å²) in [6.45, 7) is 6.85. The van der Waals surface area contributed by atoms with Crippen LogP contribution in [0.15, 0.2) is 41.7 Å². The molecule has 0 saturated heterocycles. The molecule has 6 nitrogen and oxygen atoms in total. The normalized spacial score (nSPS) is 15.0. The van der Waals surface area contributed by atoms with Crippen LogP contribution in [0.3, 0.4) is 0 Å². The van der Waals surface area contributed by atoms with Crippen LogP contribution in [0.25, 0.3) is 0 Å². The molecule has 0 spiro atoms. The van der Waals surface area contributed by atoms with Gasteiger partial charge in [0.05, 0.1) is 0 Å². The Labute approximate surface area is 198 Å².